The molecule has 2 aromatic rings. The topological polar surface area (TPSA) is 49.9 Å². The third kappa shape index (κ3) is 2.17. The summed E-state index contributed by atoms with van der Waals surface area (Å²) in [6.07, 6.45) is 1.25. The summed E-state index contributed by atoms with van der Waals surface area (Å²) < 4.78 is 0. The van der Waals surface area contributed by atoms with E-state index in [9.17, 15) is 0 Å². The summed E-state index contributed by atoms with van der Waals surface area (Å²) in [6.45, 7) is 1.97. The van der Waals surface area contributed by atoms with Gasteiger partial charge in [-0.25, -0.2) is 0 Å². The van der Waals surface area contributed by atoms with Crippen LogP contribution in [-0.2, 0) is 0 Å². The van der Waals surface area contributed by atoms with E-state index in [2.05, 4.69) is 0 Å². The van der Waals surface area contributed by atoms with Crippen molar-refractivity contribution in [3.8, 4) is 11.1 Å². The number of nitrogen functional groups attached to an aromatic ring is 1. The lowest BCUT2D eigenvalue weighted by molar-refractivity contribution is 1.46. The minimum atomic E-state index is 0.604. The molecule has 0 fully saturated rings. The zero-order chi connectivity index (χ0) is 12.4. The molecule has 0 aliphatic carbocycles. The Labute approximate surface area is 106 Å². The van der Waals surface area contributed by atoms with E-state index in [0.29, 0.717) is 11.3 Å². The van der Waals surface area contributed by atoms with Crippen LogP contribution in [0.4, 0.5) is 5.69 Å². The van der Waals surface area contributed by atoms with Gasteiger partial charge in [-0.15, -0.1) is 0 Å². The first-order valence-corrected chi connectivity index (χ1v) is 5.67. The Balaban J connectivity index is 2.61. The second kappa shape index (κ2) is 4.60. The van der Waals surface area contributed by atoms with Crippen molar-refractivity contribution in [2.24, 2.45) is 0 Å². The van der Waals surface area contributed by atoms with Crippen LogP contribution < -0.4 is 5.73 Å². The molecule has 0 aromatic heterocycles. The summed E-state index contributed by atoms with van der Waals surface area (Å²) in [6, 6.07) is 11.5. The standard InChI is InChI=1S/C14H13ClN2/c1-9-3-2-4-12(14(9)15)10-5-6-13(17)11(7-10)8-16/h2-8,16H,17H2,1H3. The van der Waals surface area contributed by atoms with Crippen molar-refractivity contribution >= 4 is 23.5 Å². The second-order valence-corrected chi connectivity index (χ2v) is 4.30. The quantitative estimate of drug-likeness (QED) is 0.611. The highest BCUT2D eigenvalue weighted by Crippen LogP contribution is 2.31. The zero-order valence-electron chi connectivity index (χ0n) is 9.50. The summed E-state index contributed by atoms with van der Waals surface area (Å²) in [4.78, 5) is 0. The third-order valence-corrected chi connectivity index (χ3v) is 3.25. The number of rotatable bonds is 2. The molecule has 0 saturated heterocycles. The molecule has 3 heteroatoms. The molecule has 17 heavy (non-hydrogen) atoms. The molecule has 0 unspecified atom stereocenters. The van der Waals surface area contributed by atoms with Crippen molar-refractivity contribution in [1.29, 1.82) is 5.41 Å². The fourth-order valence-electron chi connectivity index (χ4n) is 1.74. The minimum Gasteiger partial charge on any atom is -0.398 e. The largest absolute Gasteiger partial charge is 0.398 e. The Morgan fingerprint density at radius 3 is 2.71 bits per heavy atom. The van der Waals surface area contributed by atoms with Gasteiger partial charge in [-0.2, -0.15) is 0 Å². The van der Waals surface area contributed by atoms with Gasteiger partial charge in [0.25, 0.3) is 0 Å². The number of aryl methyl sites for hydroxylation is 1. The Bertz CT molecular complexity index is 576. The Kier molecular flexibility index (Phi) is 3.16. The lowest BCUT2D eigenvalue weighted by atomic mass is 10.0. The first kappa shape index (κ1) is 11.7. The first-order chi connectivity index (χ1) is 8.13. The van der Waals surface area contributed by atoms with Crippen LogP contribution >= 0.6 is 11.6 Å². The van der Waals surface area contributed by atoms with E-state index in [4.69, 9.17) is 22.7 Å². The van der Waals surface area contributed by atoms with E-state index < -0.39 is 0 Å². The van der Waals surface area contributed by atoms with Crippen LogP contribution in [-0.4, -0.2) is 6.21 Å². The van der Waals surface area contributed by atoms with Gasteiger partial charge in [-0.1, -0.05) is 35.9 Å². The molecule has 2 rings (SSSR count). The normalized spacial score (nSPS) is 10.2. The number of halogens is 1. The number of anilines is 1. The summed E-state index contributed by atoms with van der Waals surface area (Å²) in [5.41, 5.74) is 10.1. The monoisotopic (exact) mass is 244 g/mol. The molecule has 0 bridgehead atoms. The van der Waals surface area contributed by atoms with Gasteiger partial charge in [-0.05, 0) is 30.2 Å². The number of hydrogen-bond acceptors (Lipinski definition) is 2. The maximum atomic E-state index is 7.30. The van der Waals surface area contributed by atoms with Crippen molar-refractivity contribution in [2.75, 3.05) is 5.73 Å². The molecule has 0 spiro atoms. The lowest BCUT2D eigenvalue weighted by Gasteiger charge is -2.09. The fourth-order valence-corrected chi connectivity index (χ4v) is 1.97. The molecule has 0 aliphatic rings. The molecule has 0 amide bonds. The average Bonchev–Trinajstić information content (AvgIpc) is 2.34. The highest BCUT2D eigenvalue weighted by molar-refractivity contribution is 6.34. The molecule has 0 radical (unpaired) electrons. The molecular weight excluding hydrogens is 232 g/mol. The average molecular weight is 245 g/mol. The van der Waals surface area contributed by atoms with Crippen molar-refractivity contribution in [3.05, 3.63) is 52.5 Å². The third-order valence-electron chi connectivity index (χ3n) is 2.75. The summed E-state index contributed by atoms with van der Waals surface area (Å²) in [5, 5.41) is 8.05. The van der Waals surface area contributed by atoms with E-state index in [1.807, 2.05) is 37.3 Å². The van der Waals surface area contributed by atoms with Crippen LogP contribution in [0.3, 0.4) is 0 Å². The molecule has 2 nitrogen and oxygen atoms in total. The Morgan fingerprint density at radius 2 is 2.00 bits per heavy atom. The van der Waals surface area contributed by atoms with E-state index >= 15 is 0 Å². The highest BCUT2D eigenvalue weighted by atomic mass is 35.5. The summed E-state index contributed by atoms with van der Waals surface area (Å²) >= 11 is 6.27. The molecule has 0 saturated carbocycles. The van der Waals surface area contributed by atoms with Crippen LogP contribution in [0, 0.1) is 12.3 Å². The molecule has 0 aliphatic heterocycles. The second-order valence-electron chi connectivity index (χ2n) is 3.92. The SMILES string of the molecule is Cc1cccc(-c2ccc(N)c(C=N)c2)c1Cl. The van der Waals surface area contributed by atoms with Gasteiger partial charge in [0, 0.05) is 23.0 Å². The molecule has 86 valence electrons. The number of benzene rings is 2. The van der Waals surface area contributed by atoms with Crippen LogP contribution in [0.2, 0.25) is 5.02 Å². The van der Waals surface area contributed by atoms with E-state index in [1.165, 1.54) is 6.21 Å². The highest BCUT2D eigenvalue weighted by Gasteiger charge is 2.06. The van der Waals surface area contributed by atoms with Gasteiger partial charge in [0.15, 0.2) is 0 Å². The maximum Gasteiger partial charge on any atom is 0.0513 e. The predicted molar refractivity (Wildman–Crippen MR) is 73.9 cm³/mol. The molecule has 0 heterocycles. The number of nitrogens with two attached hydrogens (primary N) is 1. The van der Waals surface area contributed by atoms with Gasteiger partial charge in [0.05, 0.1) is 5.02 Å². The molecule has 2 aromatic carbocycles. The van der Waals surface area contributed by atoms with E-state index in [-0.39, 0.29) is 0 Å². The lowest BCUT2D eigenvalue weighted by Crippen LogP contribution is -1.93. The van der Waals surface area contributed by atoms with Crippen molar-refractivity contribution in [3.63, 3.8) is 0 Å². The van der Waals surface area contributed by atoms with E-state index in [1.54, 1.807) is 6.07 Å². The number of nitrogens with one attached hydrogen (secondary N) is 1. The Hall–Kier alpha value is -1.80. The molecular formula is C14H13ClN2. The summed E-state index contributed by atoms with van der Waals surface area (Å²) in [7, 11) is 0. The molecule has 0 atom stereocenters. The Morgan fingerprint density at radius 1 is 1.24 bits per heavy atom. The minimum absolute atomic E-state index is 0.604. The van der Waals surface area contributed by atoms with E-state index in [0.717, 1.165) is 21.7 Å². The van der Waals surface area contributed by atoms with Crippen molar-refractivity contribution in [1.82, 2.24) is 0 Å². The zero-order valence-corrected chi connectivity index (χ0v) is 10.3. The fraction of sp³-hybridized carbons (Fsp3) is 0.0714. The number of hydrogen-bond donors (Lipinski definition) is 2. The van der Waals surface area contributed by atoms with Crippen molar-refractivity contribution < 1.29 is 0 Å². The molecule has 3 N–H and O–H groups in total. The van der Waals surface area contributed by atoms with Gasteiger partial charge in [-0.3, -0.25) is 0 Å². The van der Waals surface area contributed by atoms with Crippen LogP contribution in [0.1, 0.15) is 11.1 Å². The maximum absolute atomic E-state index is 7.30. The first-order valence-electron chi connectivity index (χ1n) is 5.29. The van der Waals surface area contributed by atoms with Crippen LogP contribution in [0.25, 0.3) is 11.1 Å². The smallest absolute Gasteiger partial charge is 0.0513 e. The van der Waals surface area contributed by atoms with Crippen LogP contribution in [0.15, 0.2) is 36.4 Å². The van der Waals surface area contributed by atoms with Gasteiger partial charge in [0.2, 0.25) is 0 Å². The summed E-state index contributed by atoms with van der Waals surface area (Å²) in [5.74, 6) is 0. The van der Waals surface area contributed by atoms with Crippen LogP contribution in [0.5, 0.6) is 0 Å². The van der Waals surface area contributed by atoms with Gasteiger partial charge >= 0.3 is 0 Å². The van der Waals surface area contributed by atoms with Crippen molar-refractivity contribution in [2.45, 2.75) is 6.92 Å². The van der Waals surface area contributed by atoms with Gasteiger partial charge in [0.1, 0.15) is 0 Å². The predicted octanol–water partition coefficient (Wildman–Crippen LogP) is 3.90. The van der Waals surface area contributed by atoms with Gasteiger partial charge < -0.3 is 11.1 Å².